The lowest BCUT2D eigenvalue weighted by molar-refractivity contribution is 0.317. The summed E-state index contributed by atoms with van der Waals surface area (Å²) in [5.41, 5.74) is 6.95. The van der Waals surface area contributed by atoms with Crippen molar-refractivity contribution in [3.63, 3.8) is 0 Å². The van der Waals surface area contributed by atoms with E-state index < -0.39 is 5.82 Å². The number of hydrogen-bond acceptors (Lipinski definition) is 2. The van der Waals surface area contributed by atoms with Crippen LogP contribution in [0, 0.1) is 18.2 Å². The first-order chi connectivity index (χ1) is 6.73. The Labute approximate surface area is 89.9 Å². The average molecular weight is 211 g/mol. The van der Waals surface area contributed by atoms with Gasteiger partial charge in [0, 0.05) is 17.7 Å². The van der Waals surface area contributed by atoms with Crippen molar-refractivity contribution in [1.29, 1.82) is 0 Å². The lowest BCUT2D eigenvalue weighted by Gasteiger charge is -2.28. The Bertz CT molecular complexity index is 369. The van der Waals surface area contributed by atoms with Crippen LogP contribution in [0.5, 0.6) is 5.75 Å². The van der Waals surface area contributed by atoms with Gasteiger partial charge in [0.15, 0.2) is 0 Å². The Morgan fingerprint density at radius 3 is 2.33 bits per heavy atom. The third kappa shape index (κ3) is 2.48. The van der Waals surface area contributed by atoms with Crippen molar-refractivity contribution in [1.82, 2.24) is 0 Å². The fourth-order valence-corrected chi connectivity index (χ4v) is 1.41. The van der Waals surface area contributed by atoms with Crippen LogP contribution >= 0.6 is 0 Å². The summed E-state index contributed by atoms with van der Waals surface area (Å²) >= 11 is 0. The van der Waals surface area contributed by atoms with Crippen LogP contribution in [0.15, 0.2) is 12.1 Å². The smallest absolute Gasteiger partial charge is 0.129 e. The zero-order valence-electron chi connectivity index (χ0n) is 9.63. The number of rotatable bonds is 1. The van der Waals surface area contributed by atoms with E-state index in [4.69, 9.17) is 5.73 Å². The van der Waals surface area contributed by atoms with Crippen LogP contribution in [0.25, 0.3) is 0 Å². The summed E-state index contributed by atoms with van der Waals surface area (Å²) in [7, 11) is 0. The Kier molecular flexibility index (Phi) is 3.05. The monoisotopic (exact) mass is 211 g/mol. The molecule has 0 bridgehead atoms. The molecule has 1 rings (SSSR count). The number of aryl methyl sites for hydroxylation is 1. The van der Waals surface area contributed by atoms with Gasteiger partial charge in [-0.25, -0.2) is 4.39 Å². The first-order valence-electron chi connectivity index (χ1n) is 4.98. The Morgan fingerprint density at radius 2 is 1.87 bits per heavy atom. The molecule has 2 nitrogen and oxygen atoms in total. The van der Waals surface area contributed by atoms with Crippen molar-refractivity contribution in [2.75, 3.05) is 0 Å². The molecule has 0 aliphatic rings. The topological polar surface area (TPSA) is 46.2 Å². The van der Waals surface area contributed by atoms with Crippen molar-refractivity contribution in [2.24, 2.45) is 11.1 Å². The highest BCUT2D eigenvalue weighted by atomic mass is 19.1. The number of hydrogen-bond donors (Lipinski definition) is 2. The van der Waals surface area contributed by atoms with Crippen LogP contribution in [0.2, 0.25) is 0 Å². The SMILES string of the molecule is Cc1cc(C(N)C(C)(C)C)c(O)cc1F. The van der Waals surface area contributed by atoms with Crippen LogP contribution in [0.1, 0.15) is 37.9 Å². The minimum absolute atomic E-state index is 0.0690. The van der Waals surface area contributed by atoms with Gasteiger partial charge in [-0.05, 0) is 24.0 Å². The van der Waals surface area contributed by atoms with Crippen LogP contribution in [-0.4, -0.2) is 5.11 Å². The van der Waals surface area contributed by atoms with Gasteiger partial charge in [0.25, 0.3) is 0 Å². The van der Waals surface area contributed by atoms with Gasteiger partial charge in [0.2, 0.25) is 0 Å². The summed E-state index contributed by atoms with van der Waals surface area (Å²) in [5, 5.41) is 9.63. The number of halogens is 1. The fourth-order valence-electron chi connectivity index (χ4n) is 1.41. The summed E-state index contributed by atoms with van der Waals surface area (Å²) in [6.07, 6.45) is 0. The van der Waals surface area contributed by atoms with E-state index >= 15 is 0 Å². The van der Waals surface area contributed by atoms with Crippen LogP contribution < -0.4 is 5.73 Å². The molecular formula is C12H18FNO. The highest BCUT2D eigenvalue weighted by molar-refractivity contribution is 5.39. The molecule has 3 N–H and O–H groups in total. The van der Waals surface area contributed by atoms with Gasteiger partial charge in [0.05, 0.1) is 0 Å². The second-order valence-corrected chi connectivity index (χ2v) is 5.00. The molecule has 1 unspecified atom stereocenters. The summed E-state index contributed by atoms with van der Waals surface area (Å²) in [6.45, 7) is 7.61. The maximum Gasteiger partial charge on any atom is 0.129 e. The van der Waals surface area contributed by atoms with E-state index in [1.165, 1.54) is 0 Å². The molecular weight excluding hydrogens is 193 g/mol. The van der Waals surface area contributed by atoms with Gasteiger partial charge in [-0.1, -0.05) is 20.8 Å². The maximum absolute atomic E-state index is 13.1. The van der Waals surface area contributed by atoms with Gasteiger partial charge >= 0.3 is 0 Å². The first-order valence-corrected chi connectivity index (χ1v) is 4.98. The number of aromatic hydroxyl groups is 1. The molecule has 3 heteroatoms. The molecule has 84 valence electrons. The molecule has 0 aromatic heterocycles. The van der Waals surface area contributed by atoms with Crippen molar-refractivity contribution in [3.05, 3.63) is 29.1 Å². The molecule has 1 aromatic rings. The van der Waals surface area contributed by atoms with E-state index in [0.29, 0.717) is 11.1 Å². The number of phenolic OH excluding ortho intramolecular Hbond substituents is 1. The second kappa shape index (κ2) is 3.81. The fraction of sp³-hybridized carbons (Fsp3) is 0.500. The molecule has 0 fully saturated rings. The van der Waals surface area contributed by atoms with E-state index in [2.05, 4.69) is 0 Å². The lowest BCUT2D eigenvalue weighted by atomic mass is 9.82. The summed E-state index contributed by atoms with van der Waals surface area (Å²) in [4.78, 5) is 0. The Morgan fingerprint density at radius 1 is 1.33 bits per heavy atom. The summed E-state index contributed by atoms with van der Waals surface area (Å²) in [6, 6.07) is 2.42. The van der Waals surface area contributed by atoms with Crippen molar-refractivity contribution in [3.8, 4) is 5.75 Å². The van der Waals surface area contributed by atoms with Crippen molar-refractivity contribution >= 4 is 0 Å². The third-order valence-electron chi connectivity index (χ3n) is 2.58. The van der Waals surface area contributed by atoms with E-state index in [0.717, 1.165) is 6.07 Å². The predicted molar refractivity (Wildman–Crippen MR) is 59.2 cm³/mol. The molecule has 0 saturated heterocycles. The summed E-state index contributed by atoms with van der Waals surface area (Å²) < 4.78 is 13.1. The third-order valence-corrected chi connectivity index (χ3v) is 2.58. The number of benzene rings is 1. The van der Waals surface area contributed by atoms with Crippen molar-refractivity contribution < 1.29 is 9.50 Å². The van der Waals surface area contributed by atoms with Crippen LogP contribution in [0.3, 0.4) is 0 Å². The second-order valence-electron chi connectivity index (χ2n) is 5.00. The summed E-state index contributed by atoms with van der Waals surface area (Å²) in [5.74, 6) is -0.474. The van der Waals surface area contributed by atoms with E-state index in [9.17, 15) is 9.50 Å². The van der Waals surface area contributed by atoms with Gasteiger partial charge < -0.3 is 10.8 Å². The number of phenols is 1. The minimum Gasteiger partial charge on any atom is -0.508 e. The molecule has 0 radical (unpaired) electrons. The molecule has 15 heavy (non-hydrogen) atoms. The van der Waals surface area contributed by atoms with Gasteiger partial charge in [0.1, 0.15) is 11.6 Å². The first kappa shape index (κ1) is 12.0. The molecule has 0 amide bonds. The van der Waals surface area contributed by atoms with Crippen molar-refractivity contribution in [2.45, 2.75) is 33.7 Å². The standard InChI is InChI=1S/C12H18FNO/c1-7-5-8(10(15)6-9(7)13)11(14)12(2,3)4/h5-6,11,15H,14H2,1-4H3. The normalized spacial score (nSPS) is 14.0. The molecule has 1 atom stereocenters. The van der Waals surface area contributed by atoms with Gasteiger partial charge in [-0.15, -0.1) is 0 Å². The van der Waals surface area contributed by atoms with Gasteiger partial charge in [-0.3, -0.25) is 0 Å². The zero-order valence-corrected chi connectivity index (χ0v) is 9.63. The van der Waals surface area contributed by atoms with E-state index in [1.807, 2.05) is 20.8 Å². The Hall–Kier alpha value is -1.09. The van der Waals surface area contributed by atoms with Crippen LogP contribution in [-0.2, 0) is 0 Å². The van der Waals surface area contributed by atoms with E-state index in [-0.39, 0.29) is 17.2 Å². The highest BCUT2D eigenvalue weighted by Gasteiger charge is 2.25. The Balaban J connectivity index is 3.21. The largest absolute Gasteiger partial charge is 0.508 e. The average Bonchev–Trinajstić information content (AvgIpc) is 2.08. The van der Waals surface area contributed by atoms with Crippen LogP contribution in [0.4, 0.5) is 4.39 Å². The minimum atomic E-state index is -0.405. The quantitative estimate of drug-likeness (QED) is 0.750. The predicted octanol–water partition coefficient (Wildman–Crippen LogP) is 2.89. The van der Waals surface area contributed by atoms with E-state index in [1.54, 1.807) is 13.0 Å². The molecule has 0 aliphatic heterocycles. The molecule has 0 heterocycles. The zero-order chi connectivity index (χ0) is 11.8. The maximum atomic E-state index is 13.1. The highest BCUT2D eigenvalue weighted by Crippen LogP contribution is 2.36. The van der Waals surface area contributed by atoms with Gasteiger partial charge in [-0.2, -0.15) is 0 Å². The number of nitrogens with two attached hydrogens (primary N) is 1. The molecule has 0 spiro atoms. The molecule has 1 aromatic carbocycles. The molecule has 0 aliphatic carbocycles. The molecule has 0 saturated carbocycles. The lowest BCUT2D eigenvalue weighted by Crippen LogP contribution is -2.26.